The van der Waals surface area contributed by atoms with Crippen molar-refractivity contribution in [1.29, 1.82) is 0 Å². The highest BCUT2D eigenvalue weighted by Gasteiger charge is 2.31. The van der Waals surface area contributed by atoms with Crippen LogP contribution in [0.15, 0.2) is 77.7 Å². The number of benzene rings is 3. The van der Waals surface area contributed by atoms with Crippen LogP contribution in [0.2, 0.25) is 10.0 Å². The second-order valence-corrected chi connectivity index (χ2v) is 11.2. The Balaban J connectivity index is 1.71. The Kier molecular flexibility index (Phi) is 10.2. The van der Waals surface area contributed by atoms with E-state index in [2.05, 4.69) is 5.32 Å². The number of aliphatic hydroxyl groups excluding tert-OH is 1. The minimum absolute atomic E-state index is 0.0467. The van der Waals surface area contributed by atoms with E-state index in [1.54, 1.807) is 25.1 Å². The van der Waals surface area contributed by atoms with Crippen molar-refractivity contribution in [3.63, 3.8) is 0 Å². The summed E-state index contributed by atoms with van der Waals surface area (Å²) in [5.74, 6) is -0.0467. The number of aryl methyl sites for hydroxylation is 1. The van der Waals surface area contributed by atoms with Crippen LogP contribution in [0.1, 0.15) is 37.3 Å². The van der Waals surface area contributed by atoms with E-state index in [9.17, 15) is 18.3 Å². The van der Waals surface area contributed by atoms with E-state index in [0.29, 0.717) is 53.5 Å². The molecule has 9 heteroatoms. The molecule has 6 nitrogen and oxygen atoms in total. The zero-order valence-electron chi connectivity index (χ0n) is 20.0. The van der Waals surface area contributed by atoms with Crippen molar-refractivity contribution in [2.24, 2.45) is 0 Å². The summed E-state index contributed by atoms with van der Waals surface area (Å²) in [7, 11) is -3.99. The maximum Gasteiger partial charge on any atom is 0.264 e. The van der Waals surface area contributed by atoms with Gasteiger partial charge in [-0.2, -0.15) is 0 Å². The van der Waals surface area contributed by atoms with Crippen molar-refractivity contribution in [2.45, 2.75) is 50.2 Å². The summed E-state index contributed by atoms with van der Waals surface area (Å²) in [6, 6.07) is 20.0. The monoisotopic (exact) mass is 548 g/mol. The molecule has 0 saturated carbocycles. The third-order valence-electron chi connectivity index (χ3n) is 5.83. The predicted octanol–water partition coefficient (Wildman–Crippen LogP) is 5.60. The summed E-state index contributed by atoms with van der Waals surface area (Å²) in [5.41, 5.74) is 1.86. The molecule has 1 amide bonds. The standard InChI is InChI=1S/C27H30Cl2N2O4S/c1-20(6-5-17-30-27(33)16-9-21-7-3-2-4-8-21)31(26-18-24(29)11-10-22(26)19-32)36(34,35)25-14-12-23(28)13-15-25/h2-4,7-8,10-15,18,20,32H,5-6,9,16-17,19H2,1H3,(H,30,33)/t20-/m1/s1. The highest BCUT2D eigenvalue weighted by molar-refractivity contribution is 7.92. The van der Waals surface area contributed by atoms with Crippen molar-refractivity contribution in [1.82, 2.24) is 5.32 Å². The molecule has 0 aliphatic heterocycles. The van der Waals surface area contributed by atoms with Crippen LogP contribution in [0.25, 0.3) is 0 Å². The van der Waals surface area contributed by atoms with Crippen LogP contribution in [-0.2, 0) is 27.8 Å². The predicted molar refractivity (Wildman–Crippen MR) is 145 cm³/mol. The van der Waals surface area contributed by atoms with Gasteiger partial charge in [-0.3, -0.25) is 9.10 Å². The highest BCUT2D eigenvalue weighted by atomic mass is 35.5. The molecular formula is C27H30Cl2N2O4S. The van der Waals surface area contributed by atoms with Crippen LogP contribution in [0.3, 0.4) is 0 Å². The van der Waals surface area contributed by atoms with Crippen LogP contribution in [-0.4, -0.2) is 32.0 Å². The highest BCUT2D eigenvalue weighted by Crippen LogP contribution is 2.33. The number of hydrogen-bond donors (Lipinski definition) is 2. The summed E-state index contributed by atoms with van der Waals surface area (Å²) in [6.45, 7) is 1.88. The van der Waals surface area contributed by atoms with Gasteiger partial charge in [-0.25, -0.2) is 8.42 Å². The maximum absolute atomic E-state index is 13.7. The van der Waals surface area contributed by atoms with E-state index in [1.165, 1.54) is 28.6 Å². The first-order chi connectivity index (χ1) is 17.2. The van der Waals surface area contributed by atoms with E-state index in [4.69, 9.17) is 23.2 Å². The molecule has 0 fully saturated rings. The summed E-state index contributed by atoms with van der Waals surface area (Å²) in [6.07, 6.45) is 2.09. The summed E-state index contributed by atoms with van der Waals surface area (Å²) in [4.78, 5) is 12.3. The number of carbonyl (C=O) groups is 1. The smallest absolute Gasteiger partial charge is 0.264 e. The minimum Gasteiger partial charge on any atom is -0.392 e. The molecule has 192 valence electrons. The van der Waals surface area contributed by atoms with Crippen LogP contribution >= 0.6 is 23.2 Å². The molecule has 0 saturated heterocycles. The van der Waals surface area contributed by atoms with Gasteiger partial charge in [0.25, 0.3) is 10.0 Å². The Morgan fingerprint density at radius 3 is 2.33 bits per heavy atom. The SMILES string of the molecule is C[C@H](CCCNC(=O)CCc1ccccc1)N(c1cc(Cl)ccc1CO)S(=O)(=O)c1ccc(Cl)cc1. The van der Waals surface area contributed by atoms with E-state index < -0.39 is 16.1 Å². The number of aliphatic hydroxyl groups is 1. The first kappa shape index (κ1) is 28.0. The molecule has 36 heavy (non-hydrogen) atoms. The van der Waals surface area contributed by atoms with E-state index in [0.717, 1.165) is 5.56 Å². The molecular weight excluding hydrogens is 519 g/mol. The molecule has 0 unspecified atom stereocenters. The number of hydrogen-bond acceptors (Lipinski definition) is 4. The zero-order valence-corrected chi connectivity index (χ0v) is 22.4. The fourth-order valence-electron chi connectivity index (χ4n) is 3.93. The van der Waals surface area contributed by atoms with Crippen molar-refractivity contribution in [3.05, 3.63) is 94.0 Å². The molecule has 0 heterocycles. The Labute approximate surface area is 222 Å². The lowest BCUT2D eigenvalue weighted by Crippen LogP contribution is -2.40. The van der Waals surface area contributed by atoms with E-state index in [1.807, 2.05) is 30.3 Å². The normalized spacial score (nSPS) is 12.2. The Hall–Kier alpha value is -2.58. The van der Waals surface area contributed by atoms with Gasteiger partial charge in [0.1, 0.15) is 0 Å². The quantitative estimate of drug-likeness (QED) is 0.288. The first-order valence-corrected chi connectivity index (χ1v) is 13.9. The largest absolute Gasteiger partial charge is 0.392 e. The van der Waals surface area contributed by atoms with Crippen molar-refractivity contribution >= 4 is 44.8 Å². The topological polar surface area (TPSA) is 86.7 Å². The van der Waals surface area contributed by atoms with Gasteiger partial charge in [-0.1, -0.05) is 59.6 Å². The fraction of sp³-hybridized carbons (Fsp3) is 0.296. The van der Waals surface area contributed by atoms with Gasteiger partial charge < -0.3 is 10.4 Å². The Morgan fingerprint density at radius 1 is 1.00 bits per heavy atom. The van der Waals surface area contributed by atoms with Gasteiger partial charge in [-0.15, -0.1) is 0 Å². The molecule has 0 aliphatic carbocycles. The molecule has 3 rings (SSSR count). The molecule has 1 atom stereocenters. The lowest BCUT2D eigenvalue weighted by atomic mass is 10.1. The van der Waals surface area contributed by atoms with Crippen molar-refractivity contribution in [3.8, 4) is 0 Å². The Bertz CT molecular complexity index is 1250. The van der Waals surface area contributed by atoms with Crippen LogP contribution in [0.5, 0.6) is 0 Å². The van der Waals surface area contributed by atoms with Gasteiger partial charge in [0.05, 0.1) is 17.2 Å². The number of amides is 1. The van der Waals surface area contributed by atoms with Gasteiger partial charge in [0, 0.05) is 34.6 Å². The van der Waals surface area contributed by atoms with E-state index in [-0.39, 0.29) is 17.4 Å². The molecule has 3 aromatic carbocycles. The maximum atomic E-state index is 13.7. The summed E-state index contributed by atoms with van der Waals surface area (Å²) >= 11 is 12.2. The van der Waals surface area contributed by atoms with Crippen LogP contribution in [0.4, 0.5) is 5.69 Å². The molecule has 0 spiro atoms. The van der Waals surface area contributed by atoms with E-state index >= 15 is 0 Å². The van der Waals surface area contributed by atoms with Crippen molar-refractivity contribution in [2.75, 3.05) is 10.8 Å². The number of halogens is 2. The summed E-state index contributed by atoms with van der Waals surface area (Å²) < 4.78 is 28.7. The minimum atomic E-state index is -3.99. The second kappa shape index (κ2) is 13.1. The number of anilines is 1. The number of sulfonamides is 1. The fourth-order valence-corrected chi connectivity index (χ4v) is 5.94. The third-order valence-corrected chi connectivity index (χ3v) is 8.26. The molecule has 3 aromatic rings. The molecule has 0 radical (unpaired) electrons. The number of rotatable bonds is 12. The first-order valence-electron chi connectivity index (χ1n) is 11.7. The van der Waals surface area contributed by atoms with Crippen LogP contribution < -0.4 is 9.62 Å². The lowest BCUT2D eigenvalue weighted by Gasteiger charge is -2.32. The molecule has 0 bridgehead atoms. The number of carbonyl (C=O) groups excluding carboxylic acids is 1. The van der Waals surface area contributed by atoms with Gasteiger partial charge in [0.15, 0.2) is 0 Å². The van der Waals surface area contributed by atoms with Crippen molar-refractivity contribution < 1.29 is 18.3 Å². The Morgan fingerprint density at radius 2 is 1.67 bits per heavy atom. The van der Waals surface area contributed by atoms with Gasteiger partial charge >= 0.3 is 0 Å². The average molecular weight is 550 g/mol. The lowest BCUT2D eigenvalue weighted by molar-refractivity contribution is -0.121. The van der Waals surface area contributed by atoms with Crippen LogP contribution in [0, 0.1) is 0 Å². The third kappa shape index (κ3) is 7.46. The number of nitrogens with zero attached hydrogens (tertiary/aromatic N) is 1. The van der Waals surface area contributed by atoms with Gasteiger partial charge in [0.2, 0.25) is 5.91 Å². The molecule has 2 N–H and O–H groups in total. The summed E-state index contributed by atoms with van der Waals surface area (Å²) in [5, 5.41) is 13.6. The average Bonchev–Trinajstić information content (AvgIpc) is 2.86. The zero-order chi connectivity index (χ0) is 26.1. The van der Waals surface area contributed by atoms with Gasteiger partial charge in [-0.05, 0) is 68.1 Å². The second-order valence-electron chi connectivity index (χ2n) is 8.51. The molecule has 0 aliphatic rings. The molecule has 0 aromatic heterocycles. The number of nitrogens with one attached hydrogen (secondary N) is 1.